The first kappa shape index (κ1) is 16.2. The molecule has 0 aliphatic rings. The number of halogens is 3. The van der Waals surface area contributed by atoms with Crippen LogP contribution in [0.25, 0.3) is 0 Å². The van der Waals surface area contributed by atoms with Crippen molar-refractivity contribution in [2.75, 3.05) is 19.8 Å². The van der Waals surface area contributed by atoms with Crippen LogP contribution >= 0.6 is 0 Å². The molecule has 102 valence electrons. The van der Waals surface area contributed by atoms with Gasteiger partial charge in [0.05, 0.1) is 6.61 Å². The Morgan fingerprint density at radius 2 is 2.12 bits per heavy atom. The quantitative estimate of drug-likeness (QED) is 0.609. The van der Waals surface area contributed by atoms with Gasteiger partial charge in [-0.25, -0.2) is 0 Å². The van der Waals surface area contributed by atoms with Gasteiger partial charge in [-0.3, -0.25) is 4.79 Å². The molecule has 17 heavy (non-hydrogen) atoms. The summed E-state index contributed by atoms with van der Waals surface area (Å²) < 4.78 is 40.4. The monoisotopic (exact) mass is 256 g/mol. The van der Waals surface area contributed by atoms with Crippen LogP contribution in [0.5, 0.6) is 0 Å². The van der Waals surface area contributed by atoms with E-state index in [2.05, 4.69) is 5.32 Å². The molecular weight excluding hydrogens is 237 g/mol. The summed E-state index contributed by atoms with van der Waals surface area (Å²) in [5.74, 6) is -0.539. The molecule has 0 radical (unpaired) electrons. The molecule has 0 saturated heterocycles. The van der Waals surface area contributed by atoms with Crippen molar-refractivity contribution in [3.63, 3.8) is 0 Å². The average Bonchev–Trinajstić information content (AvgIpc) is 2.14. The highest BCUT2D eigenvalue weighted by atomic mass is 19.4. The van der Waals surface area contributed by atoms with E-state index < -0.39 is 18.5 Å². The van der Waals surface area contributed by atoms with Crippen molar-refractivity contribution in [1.29, 1.82) is 0 Å². The highest BCUT2D eigenvalue weighted by Gasteiger charge is 2.26. The lowest BCUT2D eigenvalue weighted by Gasteiger charge is -2.14. The van der Waals surface area contributed by atoms with Gasteiger partial charge in [-0.05, 0) is 19.8 Å². The van der Waals surface area contributed by atoms with Gasteiger partial charge in [0.1, 0.15) is 6.61 Å². The summed E-state index contributed by atoms with van der Waals surface area (Å²) in [5.41, 5.74) is 4.85. The minimum absolute atomic E-state index is 0.00507. The number of carbonyl (C=O) groups excluding carboxylic acids is 1. The topological polar surface area (TPSA) is 64.3 Å². The fourth-order valence-electron chi connectivity index (χ4n) is 1.26. The third-order valence-corrected chi connectivity index (χ3v) is 2.08. The summed E-state index contributed by atoms with van der Waals surface area (Å²) in [7, 11) is 0. The van der Waals surface area contributed by atoms with Crippen molar-refractivity contribution in [3.8, 4) is 0 Å². The fraction of sp³-hybridized carbons (Fsp3) is 0.900. The van der Waals surface area contributed by atoms with Crippen LogP contribution in [0, 0.1) is 0 Å². The second-order valence-corrected chi connectivity index (χ2v) is 3.88. The Bertz CT molecular complexity index is 222. The predicted octanol–water partition coefficient (Wildman–Crippen LogP) is 1.20. The van der Waals surface area contributed by atoms with Crippen LogP contribution in [0.2, 0.25) is 0 Å². The van der Waals surface area contributed by atoms with Crippen molar-refractivity contribution in [2.45, 2.75) is 38.4 Å². The molecule has 0 heterocycles. The number of rotatable bonds is 9. The van der Waals surface area contributed by atoms with Crippen molar-refractivity contribution in [3.05, 3.63) is 0 Å². The average molecular weight is 256 g/mol. The van der Waals surface area contributed by atoms with Gasteiger partial charge >= 0.3 is 6.18 Å². The van der Waals surface area contributed by atoms with Crippen molar-refractivity contribution < 1.29 is 22.7 Å². The second-order valence-electron chi connectivity index (χ2n) is 3.88. The number of hydrogen-bond acceptors (Lipinski definition) is 3. The second kappa shape index (κ2) is 8.30. The number of ether oxygens (including phenoxy) is 1. The summed E-state index contributed by atoms with van der Waals surface area (Å²) >= 11 is 0. The molecule has 0 aromatic rings. The van der Waals surface area contributed by atoms with Crippen LogP contribution in [-0.2, 0) is 9.53 Å². The molecule has 1 unspecified atom stereocenters. The summed E-state index contributed by atoms with van der Waals surface area (Å²) in [6.45, 7) is 2.47. The maximum absolute atomic E-state index is 11.8. The van der Waals surface area contributed by atoms with E-state index in [-0.39, 0.29) is 19.1 Å². The SMILES string of the molecule is CC(CCCC(F)(F)F)NCCOCC(N)=O. The van der Waals surface area contributed by atoms with Gasteiger partial charge < -0.3 is 15.8 Å². The molecule has 0 aromatic heterocycles. The fourth-order valence-corrected chi connectivity index (χ4v) is 1.26. The van der Waals surface area contributed by atoms with Gasteiger partial charge in [-0.15, -0.1) is 0 Å². The van der Waals surface area contributed by atoms with Crippen LogP contribution in [0.4, 0.5) is 13.2 Å². The van der Waals surface area contributed by atoms with E-state index in [0.29, 0.717) is 19.6 Å². The maximum Gasteiger partial charge on any atom is 0.389 e. The third-order valence-electron chi connectivity index (χ3n) is 2.08. The summed E-state index contributed by atoms with van der Waals surface area (Å²) in [6, 6.07) is -0.00507. The summed E-state index contributed by atoms with van der Waals surface area (Å²) in [5, 5.41) is 3.00. The van der Waals surface area contributed by atoms with Crippen molar-refractivity contribution in [1.82, 2.24) is 5.32 Å². The Balaban J connectivity index is 3.35. The molecule has 0 rings (SSSR count). The third kappa shape index (κ3) is 13.1. The largest absolute Gasteiger partial charge is 0.389 e. The van der Waals surface area contributed by atoms with Gasteiger partial charge in [-0.1, -0.05) is 0 Å². The lowest BCUT2D eigenvalue weighted by atomic mass is 10.1. The minimum atomic E-state index is -4.08. The Morgan fingerprint density at radius 1 is 1.47 bits per heavy atom. The van der Waals surface area contributed by atoms with Crippen molar-refractivity contribution in [2.24, 2.45) is 5.73 Å². The van der Waals surface area contributed by atoms with Crippen LogP contribution in [-0.4, -0.2) is 37.9 Å². The Labute approximate surface area is 98.7 Å². The highest BCUT2D eigenvalue weighted by molar-refractivity contribution is 5.74. The first-order valence-electron chi connectivity index (χ1n) is 5.47. The molecule has 0 aliphatic heterocycles. The first-order chi connectivity index (χ1) is 7.81. The van der Waals surface area contributed by atoms with Gasteiger partial charge in [0.2, 0.25) is 5.91 Å². The molecule has 0 fully saturated rings. The van der Waals surface area contributed by atoms with E-state index in [1.807, 2.05) is 6.92 Å². The Hall–Kier alpha value is -0.820. The number of nitrogens with one attached hydrogen (secondary N) is 1. The van der Waals surface area contributed by atoms with Gasteiger partial charge in [0, 0.05) is 19.0 Å². The van der Waals surface area contributed by atoms with E-state index in [1.165, 1.54) is 0 Å². The normalized spacial score (nSPS) is 13.6. The van der Waals surface area contributed by atoms with E-state index in [9.17, 15) is 18.0 Å². The van der Waals surface area contributed by atoms with E-state index in [0.717, 1.165) is 0 Å². The van der Waals surface area contributed by atoms with Crippen LogP contribution < -0.4 is 11.1 Å². The van der Waals surface area contributed by atoms with Gasteiger partial charge in [0.15, 0.2) is 0 Å². The molecule has 0 bridgehead atoms. The molecule has 0 saturated carbocycles. The number of nitrogens with two attached hydrogens (primary N) is 1. The number of amides is 1. The molecule has 3 N–H and O–H groups in total. The molecule has 1 amide bonds. The van der Waals surface area contributed by atoms with E-state index >= 15 is 0 Å². The first-order valence-corrected chi connectivity index (χ1v) is 5.47. The number of hydrogen-bond donors (Lipinski definition) is 2. The minimum Gasteiger partial charge on any atom is -0.370 e. The van der Waals surface area contributed by atoms with Crippen LogP contribution in [0.15, 0.2) is 0 Å². The van der Waals surface area contributed by atoms with Gasteiger partial charge in [0.25, 0.3) is 0 Å². The predicted molar refractivity (Wildman–Crippen MR) is 57.4 cm³/mol. The zero-order valence-electron chi connectivity index (χ0n) is 9.85. The molecule has 0 aromatic carbocycles. The Morgan fingerprint density at radius 3 is 2.65 bits per heavy atom. The lowest BCUT2D eigenvalue weighted by molar-refractivity contribution is -0.135. The standard InChI is InChI=1S/C10H19F3N2O2/c1-8(3-2-4-10(11,12)13)15-5-6-17-7-9(14)16/h8,15H,2-7H2,1H3,(H2,14,16). The zero-order chi connectivity index (χ0) is 13.3. The zero-order valence-corrected chi connectivity index (χ0v) is 9.85. The number of carbonyl (C=O) groups is 1. The number of primary amides is 1. The smallest absolute Gasteiger partial charge is 0.370 e. The Kier molecular flexibility index (Phi) is 7.90. The van der Waals surface area contributed by atoms with Gasteiger partial charge in [-0.2, -0.15) is 13.2 Å². The molecule has 7 heteroatoms. The van der Waals surface area contributed by atoms with E-state index in [4.69, 9.17) is 10.5 Å². The molecule has 0 aliphatic carbocycles. The van der Waals surface area contributed by atoms with E-state index in [1.54, 1.807) is 0 Å². The highest BCUT2D eigenvalue weighted by Crippen LogP contribution is 2.22. The molecule has 1 atom stereocenters. The number of alkyl halides is 3. The lowest BCUT2D eigenvalue weighted by Crippen LogP contribution is -2.30. The molecular formula is C10H19F3N2O2. The van der Waals surface area contributed by atoms with Crippen LogP contribution in [0.3, 0.4) is 0 Å². The van der Waals surface area contributed by atoms with Crippen molar-refractivity contribution >= 4 is 5.91 Å². The molecule has 4 nitrogen and oxygen atoms in total. The summed E-state index contributed by atoms with van der Waals surface area (Å²) in [4.78, 5) is 10.3. The summed E-state index contributed by atoms with van der Waals surface area (Å²) in [6.07, 6.45) is -4.27. The maximum atomic E-state index is 11.8. The molecule has 0 spiro atoms. The van der Waals surface area contributed by atoms with Crippen LogP contribution in [0.1, 0.15) is 26.2 Å².